The Bertz CT molecular complexity index is 481. The first-order valence-electron chi connectivity index (χ1n) is 6.02. The number of benzene rings is 1. The summed E-state index contributed by atoms with van der Waals surface area (Å²) in [4.78, 5) is 4.43. The third-order valence-electron chi connectivity index (χ3n) is 2.57. The number of nitrogens with zero attached hydrogens (tertiary/aromatic N) is 1. The van der Waals surface area contributed by atoms with E-state index in [1.165, 1.54) is 25.0 Å². The van der Waals surface area contributed by atoms with Crippen molar-refractivity contribution < 1.29 is 4.42 Å². The molecule has 4 heteroatoms. The van der Waals surface area contributed by atoms with Gasteiger partial charge in [0, 0.05) is 11.8 Å². The van der Waals surface area contributed by atoms with E-state index in [1.807, 2.05) is 30.0 Å². The summed E-state index contributed by atoms with van der Waals surface area (Å²) >= 11 is 1.88. The molecule has 0 atom stereocenters. The van der Waals surface area contributed by atoms with Gasteiger partial charge in [0.15, 0.2) is 5.58 Å². The third-order valence-corrected chi connectivity index (χ3v) is 3.60. The molecule has 2 N–H and O–H groups in total. The van der Waals surface area contributed by atoms with Crippen LogP contribution in [0, 0.1) is 0 Å². The number of nitrogen functional groups attached to an aromatic ring is 1. The maximum atomic E-state index is 5.70. The number of anilines is 1. The number of oxazole rings is 1. The molecular formula is C13H18N2OS. The first kappa shape index (κ1) is 12.3. The fourth-order valence-electron chi connectivity index (χ4n) is 1.66. The fraction of sp³-hybridized carbons (Fsp3) is 0.462. The summed E-state index contributed by atoms with van der Waals surface area (Å²) in [6, 6.07) is 5.58. The van der Waals surface area contributed by atoms with Crippen LogP contribution in [0.25, 0.3) is 11.1 Å². The second kappa shape index (κ2) is 5.96. The summed E-state index contributed by atoms with van der Waals surface area (Å²) < 4.78 is 5.64. The molecule has 0 unspecified atom stereocenters. The van der Waals surface area contributed by atoms with Crippen molar-refractivity contribution in [3.63, 3.8) is 0 Å². The molecule has 0 spiro atoms. The minimum Gasteiger partial charge on any atom is -0.440 e. The number of hydrogen-bond donors (Lipinski definition) is 1. The van der Waals surface area contributed by atoms with E-state index >= 15 is 0 Å². The van der Waals surface area contributed by atoms with Crippen LogP contribution in [0.1, 0.15) is 32.1 Å². The Labute approximate surface area is 106 Å². The zero-order valence-corrected chi connectivity index (χ0v) is 10.9. The van der Waals surface area contributed by atoms with Crippen LogP contribution in [0.15, 0.2) is 22.6 Å². The molecular weight excluding hydrogens is 232 g/mol. The van der Waals surface area contributed by atoms with E-state index in [2.05, 4.69) is 11.9 Å². The van der Waals surface area contributed by atoms with E-state index in [9.17, 15) is 0 Å². The number of nitrogens with two attached hydrogens (primary N) is 1. The molecule has 92 valence electrons. The highest BCUT2D eigenvalue weighted by Crippen LogP contribution is 2.21. The minimum absolute atomic E-state index is 0.718. The van der Waals surface area contributed by atoms with E-state index < -0.39 is 0 Å². The van der Waals surface area contributed by atoms with Crippen LogP contribution in [0.5, 0.6) is 0 Å². The summed E-state index contributed by atoms with van der Waals surface area (Å²) in [6.07, 6.45) is 3.84. The Morgan fingerprint density at radius 2 is 2.24 bits per heavy atom. The lowest BCUT2D eigenvalue weighted by Gasteiger charge is -1.96. The Morgan fingerprint density at radius 3 is 3.06 bits per heavy atom. The lowest BCUT2D eigenvalue weighted by atomic mass is 10.3. The molecule has 0 aliphatic rings. The summed E-state index contributed by atoms with van der Waals surface area (Å²) in [5.41, 5.74) is 8.09. The molecule has 0 radical (unpaired) electrons. The molecule has 0 saturated heterocycles. The van der Waals surface area contributed by atoms with Crippen molar-refractivity contribution in [2.75, 3.05) is 11.5 Å². The quantitative estimate of drug-likeness (QED) is 0.625. The molecule has 0 amide bonds. The smallest absolute Gasteiger partial charge is 0.205 e. The van der Waals surface area contributed by atoms with Crippen LogP contribution in [0.2, 0.25) is 0 Å². The maximum Gasteiger partial charge on any atom is 0.205 e. The number of hydrogen-bond acceptors (Lipinski definition) is 4. The second-order valence-corrected chi connectivity index (χ2v) is 5.20. The van der Waals surface area contributed by atoms with Crippen LogP contribution in [0.4, 0.5) is 5.69 Å². The van der Waals surface area contributed by atoms with Crippen LogP contribution in [0.3, 0.4) is 0 Å². The van der Waals surface area contributed by atoms with Gasteiger partial charge in [-0.1, -0.05) is 19.8 Å². The summed E-state index contributed by atoms with van der Waals surface area (Å²) in [5.74, 6) is 2.82. The van der Waals surface area contributed by atoms with Gasteiger partial charge in [-0.15, -0.1) is 0 Å². The molecule has 1 heterocycles. The lowest BCUT2D eigenvalue weighted by Crippen LogP contribution is -1.83. The molecule has 3 nitrogen and oxygen atoms in total. The Balaban J connectivity index is 1.91. The molecule has 17 heavy (non-hydrogen) atoms. The highest BCUT2D eigenvalue weighted by Gasteiger charge is 2.05. The highest BCUT2D eigenvalue weighted by atomic mass is 32.2. The first-order chi connectivity index (χ1) is 8.29. The number of thioether (sulfide) groups is 1. The van der Waals surface area contributed by atoms with Gasteiger partial charge in [0.1, 0.15) is 5.52 Å². The van der Waals surface area contributed by atoms with Crippen molar-refractivity contribution in [2.24, 2.45) is 0 Å². The SMILES string of the molecule is CCCCCSCc1nc2ccc(N)cc2o1. The molecule has 0 saturated carbocycles. The van der Waals surface area contributed by atoms with Crippen molar-refractivity contribution >= 4 is 28.5 Å². The molecule has 2 aromatic rings. The van der Waals surface area contributed by atoms with E-state index in [0.29, 0.717) is 0 Å². The summed E-state index contributed by atoms with van der Waals surface area (Å²) in [6.45, 7) is 2.22. The van der Waals surface area contributed by atoms with E-state index in [0.717, 1.165) is 28.4 Å². The lowest BCUT2D eigenvalue weighted by molar-refractivity contribution is 0.556. The number of fused-ring (bicyclic) bond motifs is 1. The Kier molecular flexibility index (Phi) is 4.31. The average molecular weight is 250 g/mol. The van der Waals surface area contributed by atoms with E-state index in [1.54, 1.807) is 0 Å². The number of aromatic nitrogens is 1. The van der Waals surface area contributed by atoms with Crippen LogP contribution >= 0.6 is 11.8 Å². The third kappa shape index (κ3) is 3.40. The molecule has 1 aromatic carbocycles. The molecule has 0 aliphatic carbocycles. The van der Waals surface area contributed by atoms with Crippen molar-refractivity contribution in [3.05, 3.63) is 24.1 Å². The summed E-state index contributed by atoms with van der Waals surface area (Å²) in [7, 11) is 0. The highest BCUT2D eigenvalue weighted by molar-refractivity contribution is 7.98. The van der Waals surface area contributed by atoms with Crippen molar-refractivity contribution in [1.29, 1.82) is 0 Å². The second-order valence-electron chi connectivity index (χ2n) is 4.09. The van der Waals surface area contributed by atoms with Gasteiger partial charge in [-0.2, -0.15) is 11.8 Å². The van der Waals surface area contributed by atoms with Gasteiger partial charge in [0.2, 0.25) is 5.89 Å². The Morgan fingerprint density at radius 1 is 1.35 bits per heavy atom. The van der Waals surface area contributed by atoms with Gasteiger partial charge >= 0.3 is 0 Å². The molecule has 1 aromatic heterocycles. The van der Waals surface area contributed by atoms with Gasteiger partial charge in [-0.25, -0.2) is 4.98 Å². The number of unbranched alkanes of at least 4 members (excludes halogenated alkanes) is 2. The van der Waals surface area contributed by atoms with Crippen LogP contribution in [-0.2, 0) is 5.75 Å². The predicted molar refractivity (Wildman–Crippen MR) is 74.1 cm³/mol. The van der Waals surface area contributed by atoms with Gasteiger partial charge in [0.25, 0.3) is 0 Å². The standard InChI is InChI=1S/C13H18N2OS/c1-2-3-4-7-17-9-13-15-11-6-5-10(14)8-12(11)16-13/h5-6,8H,2-4,7,9,14H2,1H3. The van der Waals surface area contributed by atoms with Crippen molar-refractivity contribution in [1.82, 2.24) is 4.98 Å². The molecule has 2 rings (SSSR count). The molecule has 0 aliphatic heterocycles. The molecule has 0 fully saturated rings. The van der Waals surface area contributed by atoms with Crippen molar-refractivity contribution in [2.45, 2.75) is 31.9 Å². The maximum absolute atomic E-state index is 5.70. The monoisotopic (exact) mass is 250 g/mol. The zero-order valence-electron chi connectivity index (χ0n) is 10.1. The largest absolute Gasteiger partial charge is 0.440 e. The van der Waals surface area contributed by atoms with Gasteiger partial charge < -0.3 is 10.2 Å². The van der Waals surface area contributed by atoms with Gasteiger partial charge in [-0.3, -0.25) is 0 Å². The Hall–Kier alpha value is -1.16. The topological polar surface area (TPSA) is 52.0 Å². The zero-order chi connectivity index (χ0) is 12.1. The minimum atomic E-state index is 0.718. The average Bonchev–Trinajstić information content (AvgIpc) is 2.70. The summed E-state index contributed by atoms with van der Waals surface area (Å²) in [5, 5.41) is 0. The fourth-order valence-corrected chi connectivity index (χ4v) is 2.51. The van der Waals surface area contributed by atoms with E-state index in [4.69, 9.17) is 10.2 Å². The predicted octanol–water partition coefficient (Wildman–Crippen LogP) is 3.83. The first-order valence-corrected chi connectivity index (χ1v) is 7.17. The van der Waals surface area contributed by atoms with Crippen LogP contribution < -0.4 is 5.73 Å². The van der Waals surface area contributed by atoms with Crippen molar-refractivity contribution in [3.8, 4) is 0 Å². The number of rotatable bonds is 6. The van der Waals surface area contributed by atoms with Crippen LogP contribution in [-0.4, -0.2) is 10.7 Å². The normalized spacial score (nSPS) is 11.1. The van der Waals surface area contributed by atoms with Gasteiger partial charge in [0.05, 0.1) is 5.75 Å². The van der Waals surface area contributed by atoms with E-state index in [-0.39, 0.29) is 0 Å². The van der Waals surface area contributed by atoms with Gasteiger partial charge in [-0.05, 0) is 24.3 Å². The molecule has 0 bridgehead atoms.